The SMILES string of the molecule is CC(C)(N)C#CCc1ccccn1. The zero-order chi connectivity index (χ0) is 9.73. The summed E-state index contributed by atoms with van der Waals surface area (Å²) in [6.07, 6.45) is 2.44. The van der Waals surface area contributed by atoms with Crippen molar-refractivity contribution in [3.8, 4) is 11.8 Å². The van der Waals surface area contributed by atoms with E-state index in [1.165, 1.54) is 0 Å². The van der Waals surface area contributed by atoms with Gasteiger partial charge in [-0.15, -0.1) is 0 Å². The summed E-state index contributed by atoms with van der Waals surface area (Å²) in [6.45, 7) is 3.77. The van der Waals surface area contributed by atoms with Crippen LogP contribution < -0.4 is 5.73 Å². The molecule has 2 N–H and O–H groups in total. The van der Waals surface area contributed by atoms with E-state index in [9.17, 15) is 0 Å². The molecule has 0 bridgehead atoms. The fraction of sp³-hybridized carbons (Fsp3) is 0.364. The van der Waals surface area contributed by atoms with E-state index in [0.717, 1.165) is 5.69 Å². The van der Waals surface area contributed by atoms with Gasteiger partial charge < -0.3 is 5.73 Å². The molecule has 1 aromatic heterocycles. The number of pyridine rings is 1. The molecular weight excluding hydrogens is 160 g/mol. The Labute approximate surface area is 79.2 Å². The summed E-state index contributed by atoms with van der Waals surface area (Å²) in [4.78, 5) is 4.15. The Bertz CT molecular complexity index is 311. The lowest BCUT2D eigenvalue weighted by atomic mass is 10.1. The Hall–Kier alpha value is -1.33. The Balaban J connectivity index is 2.56. The smallest absolute Gasteiger partial charge is 0.0719 e. The van der Waals surface area contributed by atoms with Crippen LogP contribution in [0.4, 0.5) is 0 Å². The molecule has 2 nitrogen and oxygen atoms in total. The highest BCUT2D eigenvalue weighted by molar-refractivity contribution is 5.18. The van der Waals surface area contributed by atoms with Crippen molar-refractivity contribution >= 4 is 0 Å². The maximum Gasteiger partial charge on any atom is 0.0719 e. The van der Waals surface area contributed by atoms with Gasteiger partial charge >= 0.3 is 0 Å². The normalized spacial score (nSPS) is 10.4. The highest BCUT2D eigenvalue weighted by Crippen LogP contribution is 1.95. The van der Waals surface area contributed by atoms with Crippen molar-refractivity contribution in [2.45, 2.75) is 25.8 Å². The fourth-order valence-corrected chi connectivity index (χ4v) is 0.865. The number of hydrogen-bond acceptors (Lipinski definition) is 2. The monoisotopic (exact) mass is 174 g/mol. The molecule has 0 spiro atoms. The lowest BCUT2D eigenvalue weighted by Crippen LogP contribution is -2.29. The van der Waals surface area contributed by atoms with Gasteiger partial charge in [-0.2, -0.15) is 0 Å². The van der Waals surface area contributed by atoms with Gasteiger partial charge in [0.05, 0.1) is 17.7 Å². The summed E-state index contributed by atoms with van der Waals surface area (Å²) in [5, 5.41) is 0. The van der Waals surface area contributed by atoms with Crippen molar-refractivity contribution < 1.29 is 0 Å². The van der Waals surface area contributed by atoms with E-state index in [4.69, 9.17) is 5.73 Å². The average molecular weight is 174 g/mol. The predicted octanol–water partition coefficient (Wildman–Crippen LogP) is 1.36. The molecule has 0 unspecified atom stereocenters. The first kappa shape index (κ1) is 9.76. The molecule has 0 fully saturated rings. The minimum absolute atomic E-state index is 0.408. The molecule has 0 radical (unpaired) electrons. The number of rotatable bonds is 1. The summed E-state index contributed by atoms with van der Waals surface area (Å²) >= 11 is 0. The van der Waals surface area contributed by atoms with Crippen molar-refractivity contribution in [1.29, 1.82) is 0 Å². The quantitative estimate of drug-likeness (QED) is 0.653. The van der Waals surface area contributed by atoms with E-state index in [1.54, 1.807) is 6.20 Å². The van der Waals surface area contributed by atoms with Crippen LogP contribution in [-0.2, 0) is 6.42 Å². The summed E-state index contributed by atoms with van der Waals surface area (Å²) in [7, 11) is 0. The lowest BCUT2D eigenvalue weighted by Gasteiger charge is -2.07. The molecule has 68 valence electrons. The van der Waals surface area contributed by atoms with Crippen molar-refractivity contribution in [3.05, 3.63) is 30.1 Å². The van der Waals surface area contributed by atoms with E-state index in [2.05, 4.69) is 16.8 Å². The first-order valence-electron chi connectivity index (χ1n) is 4.27. The second kappa shape index (κ2) is 4.06. The molecule has 0 aliphatic rings. The summed E-state index contributed by atoms with van der Waals surface area (Å²) in [5.41, 5.74) is 6.28. The van der Waals surface area contributed by atoms with Gasteiger partial charge in [-0.1, -0.05) is 17.9 Å². The molecule has 0 saturated carbocycles. The molecule has 1 heterocycles. The maximum absolute atomic E-state index is 5.71. The minimum atomic E-state index is -0.408. The van der Waals surface area contributed by atoms with Crippen LogP contribution in [0, 0.1) is 11.8 Å². The van der Waals surface area contributed by atoms with Crippen molar-refractivity contribution in [2.24, 2.45) is 5.73 Å². The maximum atomic E-state index is 5.71. The fourth-order valence-electron chi connectivity index (χ4n) is 0.865. The van der Waals surface area contributed by atoms with Crippen LogP contribution in [0.25, 0.3) is 0 Å². The van der Waals surface area contributed by atoms with Crippen LogP contribution in [0.2, 0.25) is 0 Å². The molecule has 0 atom stereocenters. The molecule has 0 aliphatic carbocycles. The lowest BCUT2D eigenvalue weighted by molar-refractivity contribution is 0.680. The Morgan fingerprint density at radius 1 is 1.46 bits per heavy atom. The third-order valence-electron chi connectivity index (χ3n) is 1.41. The van der Waals surface area contributed by atoms with Crippen LogP contribution in [-0.4, -0.2) is 10.5 Å². The highest BCUT2D eigenvalue weighted by atomic mass is 14.7. The van der Waals surface area contributed by atoms with Gasteiger partial charge in [0.25, 0.3) is 0 Å². The molecule has 13 heavy (non-hydrogen) atoms. The zero-order valence-corrected chi connectivity index (χ0v) is 8.04. The summed E-state index contributed by atoms with van der Waals surface area (Å²) in [6, 6.07) is 5.81. The molecule has 1 rings (SSSR count). The molecule has 0 aliphatic heterocycles. The van der Waals surface area contributed by atoms with E-state index in [1.807, 2.05) is 32.0 Å². The number of nitrogens with zero attached hydrogens (tertiary/aromatic N) is 1. The summed E-state index contributed by atoms with van der Waals surface area (Å²) in [5.74, 6) is 5.96. The number of hydrogen-bond donors (Lipinski definition) is 1. The second-order valence-corrected chi connectivity index (χ2v) is 3.52. The van der Waals surface area contributed by atoms with Crippen molar-refractivity contribution in [2.75, 3.05) is 0 Å². The minimum Gasteiger partial charge on any atom is -0.316 e. The molecule has 2 heteroatoms. The second-order valence-electron chi connectivity index (χ2n) is 3.52. The molecular formula is C11H14N2. The van der Waals surface area contributed by atoms with Gasteiger partial charge in [-0.05, 0) is 26.0 Å². The van der Waals surface area contributed by atoms with Crippen LogP contribution >= 0.6 is 0 Å². The first-order valence-corrected chi connectivity index (χ1v) is 4.27. The van der Waals surface area contributed by atoms with Gasteiger partial charge in [-0.3, -0.25) is 4.98 Å². The van der Waals surface area contributed by atoms with E-state index in [-0.39, 0.29) is 0 Å². The van der Waals surface area contributed by atoms with Gasteiger partial charge in [0, 0.05) is 6.20 Å². The van der Waals surface area contributed by atoms with Gasteiger partial charge in [0.1, 0.15) is 0 Å². The highest BCUT2D eigenvalue weighted by Gasteiger charge is 2.02. The standard InChI is InChI=1S/C11H14N2/c1-11(2,12)8-5-7-10-6-3-4-9-13-10/h3-4,6,9H,7,12H2,1-2H3. The molecule has 1 aromatic rings. The topological polar surface area (TPSA) is 38.9 Å². The Kier molecular flexibility index (Phi) is 3.05. The molecule has 0 saturated heterocycles. The van der Waals surface area contributed by atoms with Crippen LogP contribution in [0.5, 0.6) is 0 Å². The number of aromatic nitrogens is 1. The first-order chi connectivity index (χ1) is 6.08. The van der Waals surface area contributed by atoms with Crippen molar-refractivity contribution in [3.63, 3.8) is 0 Å². The summed E-state index contributed by atoms with van der Waals surface area (Å²) < 4.78 is 0. The van der Waals surface area contributed by atoms with E-state index >= 15 is 0 Å². The largest absolute Gasteiger partial charge is 0.316 e. The third-order valence-corrected chi connectivity index (χ3v) is 1.41. The van der Waals surface area contributed by atoms with Gasteiger partial charge in [0.2, 0.25) is 0 Å². The van der Waals surface area contributed by atoms with Crippen LogP contribution in [0.3, 0.4) is 0 Å². The zero-order valence-electron chi connectivity index (χ0n) is 8.04. The Morgan fingerprint density at radius 3 is 2.77 bits per heavy atom. The predicted molar refractivity (Wildman–Crippen MR) is 54.0 cm³/mol. The van der Waals surface area contributed by atoms with E-state index < -0.39 is 5.54 Å². The van der Waals surface area contributed by atoms with Crippen LogP contribution in [0.15, 0.2) is 24.4 Å². The van der Waals surface area contributed by atoms with Gasteiger partial charge in [-0.25, -0.2) is 0 Å². The van der Waals surface area contributed by atoms with Crippen LogP contribution in [0.1, 0.15) is 19.5 Å². The molecule has 0 amide bonds. The molecule has 0 aromatic carbocycles. The Morgan fingerprint density at radius 2 is 2.23 bits per heavy atom. The van der Waals surface area contributed by atoms with E-state index in [0.29, 0.717) is 6.42 Å². The number of nitrogens with two attached hydrogens (primary N) is 1. The van der Waals surface area contributed by atoms with Gasteiger partial charge in [0.15, 0.2) is 0 Å². The third kappa shape index (κ3) is 4.29. The van der Waals surface area contributed by atoms with Crippen molar-refractivity contribution in [1.82, 2.24) is 4.98 Å². The average Bonchev–Trinajstić information content (AvgIpc) is 2.04.